The van der Waals surface area contributed by atoms with Gasteiger partial charge in [-0.1, -0.05) is 11.6 Å². The first-order chi connectivity index (χ1) is 13.2. The Morgan fingerprint density at radius 1 is 1.26 bits per heavy atom. The first-order valence-corrected chi connectivity index (χ1v) is 10.1. The van der Waals surface area contributed by atoms with E-state index in [1.807, 2.05) is 19.1 Å². The summed E-state index contributed by atoms with van der Waals surface area (Å²) in [6, 6.07) is 3.91. The van der Waals surface area contributed by atoms with Gasteiger partial charge in [0.2, 0.25) is 5.91 Å². The molecule has 0 radical (unpaired) electrons. The molecule has 0 aromatic carbocycles. The molecule has 7 heteroatoms. The molecule has 1 aliphatic carbocycles. The maximum atomic E-state index is 12.6. The standard InChI is InChI=1S/C20H28N6O/c1-15-22-23-18-9-10-19(24-26(15)18)25-13-5-8-17(14-25)20(27)21-12-11-16-6-3-2-4-7-16/h6,9-10,17H,2-5,7-8,11-14H2,1H3,(H,21,27)/t17-/m0/s1. The van der Waals surface area contributed by atoms with E-state index < -0.39 is 0 Å². The lowest BCUT2D eigenvalue weighted by Gasteiger charge is -2.32. The molecule has 0 saturated carbocycles. The number of piperidine rings is 1. The molecule has 1 fully saturated rings. The van der Waals surface area contributed by atoms with Crippen LogP contribution < -0.4 is 10.2 Å². The van der Waals surface area contributed by atoms with E-state index in [1.165, 1.54) is 31.3 Å². The molecule has 1 amide bonds. The number of carbonyl (C=O) groups excluding carboxylic acids is 1. The Balaban J connectivity index is 1.34. The van der Waals surface area contributed by atoms with Gasteiger partial charge in [-0.2, -0.15) is 4.52 Å². The van der Waals surface area contributed by atoms with Crippen LogP contribution in [-0.4, -0.2) is 45.4 Å². The highest BCUT2D eigenvalue weighted by Crippen LogP contribution is 2.23. The van der Waals surface area contributed by atoms with Crippen LogP contribution in [0.15, 0.2) is 23.8 Å². The van der Waals surface area contributed by atoms with E-state index >= 15 is 0 Å². The molecule has 1 saturated heterocycles. The molecular formula is C20H28N6O. The molecule has 0 bridgehead atoms. The van der Waals surface area contributed by atoms with E-state index in [9.17, 15) is 4.79 Å². The minimum Gasteiger partial charge on any atom is -0.355 e. The number of nitrogens with zero attached hydrogens (tertiary/aromatic N) is 5. The van der Waals surface area contributed by atoms with Gasteiger partial charge < -0.3 is 10.2 Å². The third-order valence-corrected chi connectivity index (χ3v) is 5.65. The van der Waals surface area contributed by atoms with Gasteiger partial charge in [0, 0.05) is 19.6 Å². The third kappa shape index (κ3) is 4.12. The molecular weight excluding hydrogens is 340 g/mol. The van der Waals surface area contributed by atoms with Crippen molar-refractivity contribution < 1.29 is 4.79 Å². The van der Waals surface area contributed by atoms with Gasteiger partial charge in [-0.3, -0.25) is 4.79 Å². The van der Waals surface area contributed by atoms with Crippen LogP contribution in [0.2, 0.25) is 0 Å². The highest BCUT2D eigenvalue weighted by molar-refractivity contribution is 5.79. The lowest BCUT2D eigenvalue weighted by Crippen LogP contribution is -2.43. The summed E-state index contributed by atoms with van der Waals surface area (Å²) in [6.07, 6.45) is 10.3. The molecule has 1 atom stereocenters. The Bertz CT molecular complexity index is 842. The van der Waals surface area contributed by atoms with Crippen molar-refractivity contribution in [1.82, 2.24) is 25.1 Å². The zero-order valence-corrected chi connectivity index (χ0v) is 16.0. The topological polar surface area (TPSA) is 75.4 Å². The normalized spacial score (nSPS) is 20.6. The molecule has 2 aliphatic rings. The van der Waals surface area contributed by atoms with Crippen molar-refractivity contribution in [3.8, 4) is 0 Å². The number of anilines is 1. The third-order valence-electron chi connectivity index (χ3n) is 5.65. The molecule has 2 aromatic heterocycles. The van der Waals surface area contributed by atoms with Crippen LogP contribution in [0.25, 0.3) is 5.65 Å². The molecule has 1 N–H and O–H groups in total. The fraction of sp³-hybridized carbons (Fsp3) is 0.600. The van der Waals surface area contributed by atoms with E-state index in [-0.39, 0.29) is 11.8 Å². The molecule has 7 nitrogen and oxygen atoms in total. The summed E-state index contributed by atoms with van der Waals surface area (Å²) in [5.74, 6) is 1.86. The number of aryl methyl sites for hydroxylation is 1. The lowest BCUT2D eigenvalue weighted by molar-refractivity contribution is -0.125. The number of nitrogens with one attached hydrogen (secondary N) is 1. The van der Waals surface area contributed by atoms with E-state index in [2.05, 4.69) is 31.6 Å². The number of aromatic nitrogens is 4. The van der Waals surface area contributed by atoms with Gasteiger partial charge in [0.1, 0.15) is 5.82 Å². The van der Waals surface area contributed by atoms with Crippen molar-refractivity contribution in [2.24, 2.45) is 5.92 Å². The van der Waals surface area contributed by atoms with Gasteiger partial charge >= 0.3 is 0 Å². The second-order valence-corrected chi connectivity index (χ2v) is 7.64. The Morgan fingerprint density at radius 2 is 2.19 bits per heavy atom. The molecule has 27 heavy (non-hydrogen) atoms. The zero-order chi connectivity index (χ0) is 18.6. The summed E-state index contributed by atoms with van der Waals surface area (Å²) in [6.45, 7) is 4.29. The summed E-state index contributed by atoms with van der Waals surface area (Å²) in [5, 5.41) is 16.0. The molecule has 4 rings (SSSR count). The Labute approximate surface area is 159 Å². The molecule has 144 valence electrons. The van der Waals surface area contributed by atoms with E-state index in [1.54, 1.807) is 4.52 Å². The van der Waals surface area contributed by atoms with E-state index in [0.717, 1.165) is 49.6 Å². The largest absolute Gasteiger partial charge is 0.355 e. The van der Waals surface area contributed by atoms with Gasteiger partial charge in [-0.05, 0) is 64.0 Å². The van der Waals surface area contributed by atoms with Gasteiger partial charge in [0.15, 0.2) is 11.5 Å². The van der Waals surface area contributed by atoms with Gasteiger partial charge in [-0.15, -0.1) is 15.3 Å². The molecule has 2 aromatic rings. The van der Waals surface area contributed by atoms with Crippen LogP contribution in [0.4, 0.5) is 5.82 Å². The van der Waals surface area contributed by atoms with Crippen LogP contribution in [0.1, 0.15) is 50.8 Å². The number of allylic oxidation sites excluding steroid dienone is 1. The second kappa shape index (κ2) is 8.06. The SMILES string of the molecule is Cc1nnc2ccc(N3CCC[C@H](C(=O)NCCC4=CCCCC4)C3)nn12. The second-order valence-electron chi connectivity index (χ2n) is 7.64. The molecule has 0 unspecified atom stereocenters. The van der Waals surface area contributed by atoms with E-state index in [0.29, 0.717) is 6.54 Å². The Kier molecular flexibility index (Phi) is 5.36. The fourth-order valence-corrected chi connectivity index (χ4v) is 4.08. The number of carbonyl (C=O) groups is 1. The van der Waals surface area contributed by atoms with Crippen molar-refractivity contribution >= 4 is 17.4 Å². The van der Waals surface area contributed by atoms with Crippen LogP contribution in [0.3, 0.4) is 0 Å². The van der Waals surface area contributed by atoms with Gasteiger partial charge in [0.05, 0.1) is 5.92 Å². The van der Waals surface area contributed by atoms with Crippen LogP contribution in [0, 0.1) is 12.8 Å². The average Bonchev–Trinajstić information content (AvgIpc) is 3.09. The van der Waals surface area contributed by atoms with Gasteiger partial charge in [0.25, 0.3) is 0 Å². The first kappa shape index (κ1) is 17.9. The summed E-state index contributed by atoms with van der Waals surface area (Å²) in [4.78, 5) is 14.8. The smallest absolute Gasteiger partial charge is 0.224 e. The maximum Gasteiger partial charge on any atom is 0.224 e. The minimum absolute atomic E-state index is 0.0265. The van der Waals surface area contributed by atoms with Gasteiger partial charge in [-0.25, -0.2) is 0 Å². The van der Waals surface area contributed by atoms with Crippen molar-refractivity contribution in [2.75, 3.05) is 24.5 Å². The van der Waals surface area contributed by atoms with Crippen LogP contribution >= 0.6 is 0 Å². The highest BCUT2D eigenvalue weighted by Gasteiger charge is 2.26. The summed E-state index contributed by atoms with van der Waals surface area (Å²) in [7, 11) is 0. The number of rotatable bonds is 5. The Hall–Kier alpha value is -2.44. The summed E-state index contributed by atoms with van der Waals surface area (Å²) < 4.78 is 1.76. The Morgan fingerprint density at radius 3 is 3.04 bits per heavy atom. The van der Waals surface area contributed by atoms with Crippen molar-refractivity contribution in [3.05, 3.63) is 29.6 Å². The van der Waals surface area contributed by atoms with E-state index in [4.69, 9.17) is 0 Å². The number of amides is 1. The summed E-state index contributed by atoms with van der Waals surface area (Å²) in [5.41, 5.74) is 2.26. The highest BCUT2D eigenvalue weighted by atomic mass is 16.1. The maximum absolute atomic E-state index is 12.6. The first-order valence-electron chi connectivity index (χ1n) is 10.1. The van der Waals surface area contributed by atoms with Crippen molar-refractivity contribution in [1.29, 1.82) is 0 Å². The molecule has 0 spiro atoms. The fourth-order valence-electron chi connectivity index (χ4n) is 4.08. The monoisotopic (exact) mass is 368 g/mol. The average molecular weight is 368 g/mol. The van der Waals surface area contributed by atoms with Crippen LogP contribution in [0.5, 0.6) is 0 Å². The molecule has 1 aliphatic heterocycles. The summed E-state index contributed by atoms with van der Waals surface area (Å²) >= 11 is 0. The zero-order valence-electron chi connectivity index (χ0n) is 16.0. The molecule has 3 heterocycles. The number of hydrogen-bond acceptors (Lipinski definition) is 5. The number of fused-ring (bicyclic) bond motifs is 1. The van der Waals surface area contributed by atoms with Crippen molar-refractivity contribution in [3.63, 3.8) is 0 Å². The lowest BCUT2D eigenvalue weighted by atomic mass is 9.96. The predicted octanol–water partition coefficient (Wildman–Crippen LogP) is 2.66. The quantitative estimate of drug-likeness (QED) is 0.821. The minimum atomic E-state index is 0.0265. The van der Waals surface area contributed by atoms with Crippen molar-refractivity contribution in [2.45, 2.75) is 51.9 Å². The van der Waals surface area contributed by atoms with Crippen LogP contribution in [-0.2, 0) is 4.79 Å². The number of hydrogen-bond donors (Lipinski definition) is 1. The predicted molar refractivity (Wildman–Crippen MR) is 105 cm³/mol.